The monoisotopic (exact) mass is 360 g/mol. The van der Waals surface area contributed by atoms with Crippen LogP contribution in [0.5, 0.6) is 11.5 Å². The number of ether oxygens (including phenoxy) is 2. The molecule has 0 aliphatic heterocycles. The Bertz CT molecular complexity index is 1060. The molecule has 6 heteroatoms. The van der Waals surface area contributed by atoms with Gasteiger partial charge in [0.2, 0.25) is 0 Å². The third-order valence-corrected chi connectivity index (χ3v) is 4.24. The molecular weight excluding hydrogens is 340 g/mol. The van der Waals surface area contributed by atoms with Gasteiger partial charge in [0.15, 0.2) is 11.5 Å². The molecule has 136 valence electrons. The molecule has 4 aromatic rings. The van der Waals surface area contributed by atoms with Gasteiger partial charge in [-0.2, -0.15) is 9.61 Å². The van der Waals surface area contributed by atoms with Crippen LogP contribution in [0.1, 0.15) is 13.3 Å². The van der Waals surface area contributed by atoms with Crippen molar-refractivity contribution in [2.24, 2.45) is 0 Å². The van der Waals surface area contributed by atoms with Crippen molar-refractivity contribution in [1.29, 1.82) is 0 Å². The Morgan fingerprint density at radius 2 is 1.74 bits per heavy atom. The van der Waals surface area contributed by atoms with Gasteiger partial charge in [-0.3, -0.25) is 0 Å². The van der Waals surface area contributed by atoms with Crippen LogP contribution in [0.25, 0.3) is 28.3 Å². The zero-order chi connectivity index (χ0) is 18.6. The first-order valence-electron chi connectivity index (χ1n) is 8.89. The Morgan fingerprint density at radius 1 is 0.926 bits per heavy atom. The summed E-state index contributed by atoms with van der Waals surface area (Å²) in [6.07, 6.45) is 0.939. The van der Waals surface area contributed by atoms with Crippen LogP contribution in [0.3, 0.4) is 0 Å². The molecule has 0 spiro atoms. The van der Waals surface area contributed by atoms with E-state index in [9.17, 15) is 0 Å². The number of hydrogen-bond donors (Lipinski definition) is 0. The lowest BCUT2D eigenvalue weighted by molar-refractivity contribution is 0.318. The van der Waals surface area contributed by atoms with Gasteiger partial charge in [0.25, 0.3) is 0 Å². The van der Waals surface area contributed by atoms with Crippen LogP contribution < -0.4 is 9.47 Å². The molecule has 4 rings (SSSR count). The first-order valence-corrected chi connectivity index (χ1v) is 8.89. The zero-order valence-electron chi connectivity index (χ0n) is 15.3. The van der Waals surface area contributed by atoms with E-state index < -0.39 is 0 Å². The normalized spacial score (nSPS) is 10.9. The van der Waals surface area contributed by atoms with Crippen molar-refractivity contribution in [3.63, 3.8) is 0 Å². The summed E-state index contributed by atoms with van der Waals surface area (Å²) in [4.78, 5) is 0. The molecule has 0 fully saturated rings. The summed E-state index contributed by atoms with van der Waals surface area (Å²) in [5.74, 6) is 2.25. The fraction of sp³-hybridized carbons (Fsp3) is 0.190. The van der Waals surface area contributed by atoms with E-state index >= 15 is 0 Å². The molecule has 2 aromatic carbocycles. The SMILES string of the molecule is CCCOc1ccccc1-c1nnc2ccc(-c3ccc(OC)cc3)nn12. The topological polar surface area (TPSA) is 61.5 Å². The van der Waals surface area contributed by atoms with Crippen LogP contribution in [0, 0.1) is 0 Å². The summed E-state index contributed by atoms with van der Waals surface area (Å²) in [6, 6.07) is 19.5. The van der Waals surface area contributed by atoms with Gasteiger partial charge in [0.1, 0.15) is 11.5 Å². The Hall–Kier alpha value is -3.41. The highest BCUT2D eigenvalue weighted by atomic mass is 16.5. The maximum absolute atomic E-state index is 5.88. The van der Waals surface area contributed by atoms with E-state index in [1.807, 2.05) is 60.7 Å². The zero-order valence-corrected chi connectivity index (χ0v) is 15.3. The molecular formula is C21H20N4O2. The van der Waals surface area contributed by atoms with Crippen LogP contribution >= 0.6 is 0 Å². The van der Waals surface area contributed by atoms with Gasteiger partial charge in [0.05, 0.1) is 25.0 Å². The van der Waals surface area contributed by atoms with Crippen molar-refractivity contribution in [3.05, 3.63) is 60.7 Å². The smallest absolute Gasteiger partial charge is 0.189 e. The summed E-state index contributed by atoms with van der Waals surface area (Å²) in [5, 5.41) is 13.4. The largest absolute Gasteiger partial charge is 0.497 e. The average molecular weight is 360 g/mol. The van der Waals surface area contributed by atoms with E-state index in [0.717, 1.165) is 34.7 Å². The van der Waals surface area contributed by atoms with Crippen molar-refractivity contribution in [3.8, 4) is 34.1 Å². The minimum Gasteiger partial charge on any atom is -0.497 e. The van der Waals surface area contributed by atoms with Crippen molar-refractivity contribution >= 4 is 5.65 Å². The first kappa shape index (κ1) is 17.0. The Labute approximate surface area is 157 Å². The highest BCUT2D eigenvalue weighted by Crippen LogP contribution is 2.29. The number of rotatable bonds is 6. The van der Waals surface area contributed by atoms with Crippen molar-refractivity contribution in [2.45, 2.75) is 13.3 Å². The van der Waals surface area contributed by atoms with Crippen LogP contribution in [0.2, 0.25) is 0 Å². The quantitative estimate of drug-likeness (QED) is 0.514. The third kappa shape index (κ3) is 3.33. The van der Waals surface area contributed by atoms with Crippen LogP contribution in [0.15, 0.2) is 60.7 Å². The number of nitrogens with zero attached hydrogens (tertiary/aromatic N) is 4. The van der Waals surface area contributed by atoms with Crippen LogP contribution in [-0.2, 0) is 0 Å². The van der Waals surface area contributed by atoms with Gasteiger partial charge in [-0.15, -0.1) is 10.2 Å². The van der Waals surface area contributed by atoms with Crippen molar-refractivity contribution in [2.75, 3.05) is 13.7 Å². The molecule has 0 atom stereocenters. The molecule has 2 aromatic heterocycles. The molecule has 0 aliphatic rings. The minimum atomic E-state index is 0.651. The molecule has 0 bridgehead atoms. The van der Waals surface area contributed by atoms with Gasteiger partial charge in [0, 0.05) is 5.56 Å². The van der Waals surface area contributed by atoms with Gasteiger partial charge in [-0.25, -0.2) is 0 Å². The fourth-order valence-corrected chi connectivity index (χ4v) is 2.86. The highest BCUT2D eigenvalue weighted by molar-refractivity contribution is 5.67. The van der Waals surface area contributed by atoms with E-state index in [1.165, 1.54) is 0 Å². The van der Waals surface area contributed by atoms with E-state index in [0.29, 0.717) is 18.1 Å². The molecule has 0 radical (unpaired) electrons. The fourth-order valence-electron chi connectivity index (χ4n) is 2.86. The molecule has 6 nitrogen and oxygen atoms in total. The lowest BCUT2D eigenvalue weighted by Crippen LogP contribution is -2.01. The van der Waals surface area contributed by atoms with E-state index in [4.69, 9.17) is 14.6 Å². The molecule has 0 unspecified atom stereocenters. The number of aromatic nitrogens is 4. The van der Waals surface area contributed by atoms with Crippen molar-refractivity contribution in [1.82, 2.24) is 19.8 Å². The van der Waals surface area contributed by atoms with Gasteiger partial charge in [-0.1, -0.05) is 19.1 Å². The van der Waals surface area contributed by atoms with Gasteiger partial charge < -0.3 is 9.47 Å². The maximum Gasteiger partial charge on any atom is 0.189 e. The first-order chi connectivity index (χ1) is 13.3. The van der Waals surface area contributed by atoms with Gasteiger partial charge in [-0.05, 0) is 55.0 Å². The standard InChI is InChI=1S/C21H20N4O2/c1-3-14-27-19-7-5-4-6-17(19)21-23-22-20-13-12-18(24-25(20)21)15-8-10-16(26-2)11-9-15/h4-13H,3,14H2,1-2H3. The molecule has 0 amide bonds. The Balaban J connectivity index is 1.79. The predicted molar refractivity (Wildman–Crippen MR) is 104 cm³/mol. The Kier molecular flexibility index (Phi) is 4.70. The number of fused-ring (bicyclic) bond motifs is 1. The van der Waals surface area contributed by atoms with E-state index in [1.54, 1.807) is 11.6 Å². The lowest BCUT2D eigenvalue weighted by Gasteiger charge is -2.09. The summed E-state index contributed by atoms with van der Waals surface area (Å²) in [5.41, 5.74) is 3.39. The molecule has 0 aliphatic carbocycles. The summed E-state index contributed by atoms with van der Waals surface area (Å²) < 4.78 is 12.9. The van der Waals surface area contributed by atoms with Crippen molar-refractivity contribution < 1.29 is 9.47 Å². The molecule has 0 saturated carbocycles. The minimum absolute atomic E-state index is 0.651. The van der Waals surface area contributed by atoms with Gasteiger partial charge >= 0.3 is 0 Å². The number of benzene rings is 2. The second-order valence-corrected chi connectivity index (χ2v) is 6.09. The number of methoxy groups -OCH3 is 1. The highest BCUT2D eigenvalue weighted by Gasteiger charge is 2.15. The molecule has 2 heterocycles. The number of para-hydroxylation sites is 1. The Morgan fingerprint density at radius 3 is 2.52 bits per heavy atom. The second kappa shape index (κ2) is 7.45. The second-order valence-electron chi connectivity index (χ2n) is 6.09. The summed E-state index contributed by atoms with van der Waals surface area (Å²) >= 11 is 0. The molecule has 0 saturated heterocycles. The van der Waals surface area contributed by atoms with Crippen LogP contribution in [-0.4, -0.2) is 33.5 Å². The molecule has 27 heavy (non-hydrogen) atoms. The maximum atomic E-state index is 5.88. The third-order valence-electron chi connectivity index (χ3n) is 4.24. The lowest BCUT2D eigenvalue weighted by atomic mass is 10.1. The number of hydrogen-bond acceptors (Lipinski definition) is 5. The summed E-state index contributed by atoms with van der Waals surface area (Å²) in [6.45, 7) is 2.73. The predicted octanol–water partition coefficient (Wildman–Crippen LogP) is 4.26. The van der Waals surface area contributed by atoms with E-state index in [2.05, 4.69) is 17.1 Å². The van der Waals surface area contributed by atoms with Crippen LogP contribution in [0.4, 0.5) is 0 Å². The van der Waals surface area contributed by atoms with E-state index in [-0.39, 0.29) is 0 Å². The summed E-state index contributed by atoms with van der Waals surface area (Å²) in [7, 11) is 1.65. The molecule has 0 N–H and O–H groups in total. The average Bonchev–Trinajstić information content (AvgIpc) is 3.15.